The van der Waals surface area contributed by atoms with Crippen molar-refractivity contribution in [1.29, 1.82) is 0 Å². The number of anilines is 1. The maximum absolute atomic E-state index is 11.3. The third-order valence-corrected chi connectivity index (χ3v) is 5.24. The van der Waals surface area contributed by atoms with Crippen LogP contribution in [0.15, 0.2) is 42.6 Å². The monoisotopic (exact) mass is 337 g/mol. The molecule has 3 rings (SSSR count). The predicted molar refractivity (Wildman–Crippen MR) is 103 cm³/mol. The van der Waals surface area contributed by atoms with Gasteiger partial charge in [-0.3, -0.25) is 9.69 Å². The molecule has 2 heterocycles. The first-order valence-electron chi connectivity index (χ1n) is 9.26. The summed E-state index contributed by atoms with van der Waals surface area (Å²) in [6, 6.07) is 12.5. The molecule has 0 bridgehead atoms. The largest absolute Gasteiger partial charge is 0.354 e. The van der Waals surface area contributed by atoms with E-state index in [4.69, 9.17) is 0 Å². The van der Waals surface area contributed by atoms with E-state index in [1.807, 2.05) is 36.5 Å². The van der Waals surface area contributed by atoms with Crippen molar-refractivity contribution in [2.24, 2.45) is 0 Å². The summed E-state index contributed by atoms with van der Waals surface area (Å²) in [6.45, 7) is 8.73. The molecule has 0 saturated carbocycles. The number of piperazine rings is 1. The third kappa shape index (κ3) is 3.90. The van der Waals surface area contributed by atoms with Crippen molar-refractivity contribution in [3.8, 4) is 11.1 Å². The van der Waals surface area contributed by atoms with Crippen molar-refractivity contribution < 1.29 is 4.79 Å². The summed E-state index contributed by atoms with van der Waals surface area (Å²) in [5.41, 5.74) is 2.74. The highest BCUT2D eigenvalue weighted by Gasteiger charge is 2.22. The standard InChI is InChI=1S/C21H27N3O/c1-3-19(4-2)23-11-13-24(14-12-23)21-15-17(9-10-22-21)20-8-6-5-7-18(20)16-25/h5-10,15-16,19H,3-4,11-14H2,1-2H3. The zero-order valence-electron chi connectivity index (χ0n) is 15.2. The molecule has 1 aliphatic rings. The van der Waals surface area contributed by atoms with Crippen molar-refractivity contribution in [1.82, 2.24) is 9.88 Å². The highest BCUT2D eigenvalue weighted by molar-refractivity contribution is 5.87. The number of benzene rings is 1. The summed E-state index contributed by atoms with van der Waals surface area (Å²) in [5, 5.41) is 0. The van der Waals surface area contributed by atoms with Gasteiger partial charge in [0.15, 0.2) is 6.29 Å². The van der Waals surface area contributed by atoms with Crippen LogP contribution in [0.2, 0.25) is 0 Å². The minimum Gasteiger partial charge on any atom is -0.354 e. The topological polar surface area (TPSA) is 36.4 Å². The van der Waals surface area contributed by atoms with Gasteiger partial charge in [-0.15, -0.1) is 0 Å². The van der Waals surface area contributed by atoms with Gasteiger partial charge < -0.3 is 4.90 Å². The van der Waals surface area contributed by atoms with Crippen molar-refractivity contribution in [2.45, 2.75) is 32.7 Å². The fourth-order valence-electron chi connectivity index (χ4n) is 3.74. The number of carbonyl (C=O) groups is 1. The lowest BCUT2D eigenvalue weighted by atomic mass is 10.0. The Morgan fingerprint density at radius 3 is 2.48 bits per heavy atom. The SMILES string of the molecule is CCC(CC)N1CCN(c2cc(-c3ccccc3C=O)ccn2)CC1. The van der Waals surface area contributed by atoms with Crippen LogP contribution < -0.4 is 4.90 Å². The van der Waals surface area contributed by atoms with Gasteiger partial charge in [0.25, 0.3) is 0 Å². The molecule has 2 aromatic rings. The summed E-state index contributed by atoms with van der Waals surface area (Å²) >= 11 is 0. The van der Waals surface area contributed by atoms with Crippen LogP contribution in [-0.2, 0) is 0 Å². The molecule has 0 amide bonds. The Labute approximate surface area is 150 Å². The van der Waals surface area contributed by atoms with Crippen molar-refractivity contribution in [3.05, 3.63) is 48.2 Å². The average Bonchev–Trinajstić information content (AvgIpc) is 2.69. The number of hydrogen-bond donors (Lipinski definition) is 0. The Morgan fingerprint density at radius 1 is 1.08 bits per heavy atom. The van der Waals surface area contributed by atoms with Gasteiger partial charge in [0.1, 0.15) is 5.82 Å². The Balaban J connectivity index is 1.76. The Bertz CT molecular complexity index is 704. The molecular weight excluding hydrogens is 310 g/mol. The van der Waals surface area contributed by atoms with Gasteiger partial charge in [0.05, 0.1) is 0 Å². The van der Waals surface area contributed by atoms with Crippen LogP contribution in [0.25, 0.3) is 11.1 Å². The van der Waals surface area contributed by atoms with Gasteiger partial charge >= 0.3 is 0 Å². The van der Waals surface area contributed by atoms with Gasteiger partial charge in [0.2, 0.25) is 0 Å². The number of pyridine rings is 1. The van der Waals surface area contributed by atoms with E-state index in [1.54, 1.807) is 0 Å². The van der Waals surface area contributed by atoms with Gasteiger partial charge in [-0.2, -0.15) is 0 Å². The third-order valence-electron chi connectivity index (χ3n) is 5.24. The molecular formula is C21H27N3O. The van der Waals surface area contributed by atoms with E-state index in [2.05, 4.69) is 34.7 Å². The highest BCUT2D eigenvalue weighted by atomic mass is 16.1. The van der Waals surface area contributed by atoms with Crippen LogP contribution >= 0.6 is 0 Å². The normalized spacial score (nSPS) is 15.6. The fourth-order valence-corrected chi connectivity index (χ4v) is 3.74. The number of rotatable bonds is 6. The predicted octanol–water partition coefficient (Wildman–Crippen LogP) is 3.87. The second kappa shape index (κ2) is 8.26. The lowest BCUT2D eigenvalue weighted by Gasteiger charge is -2.39. The minimum atomic E-state index is 0.695. The summed E-state index contributed by atoms with van der Waals surface area (Å²) in [4.78, 5) is 20.8. The number of hydrogen-bond acceptors (Lipinski definition) is 4. The quantitative estimate of drug-likeness (QED) is 0.750. The summed E-state index contributed by atoms with van der Waals surface area (Å²) in [6.07, 6.45) is 5.20. The fraction of sp³-hybridized carbons (Fsp3) is 0.429. The van der Waals surface area contributed by atoms with Crippen LogP contribution in [0, 0.1) is 0 Å². The maximum Gasteiger partial charge on any atom is 0.150 e. The Hall–Kier alpha value is -2.20. The molecule has 0 N–H and O–H groups in total. The summed E-state index contributed by atoms with van der Waals surface area (Å²) < 4.78 is 0. The Morgan fingerprint density at radius 2 is 1.80 bits per heavy atom. The molecule has 4 nitrogen and oxygen atoms in total. The molecule has 0 atom stereocenters. The van der Waals surface area contributed by atoms with E-state index in [0.717, 1.165) is 55.0 Å². The lowest BCUT2D eigenvalue weighted by molar-refractivity contribution is 0.112. The smallest absolute Gasteiger partial charge is 0.150 e. The van der Waals surface area contributed by atoms with E-state index in [9.17, 15) is 4.79 Å². The van der Waals surface area contributed by atoms with Crippen LogP contribution in [0.3, 0.4) is 0 Å². The van der Waals surface area contributed by atoms with Crippen molar-refractivity contribution in [3.63, 3.8) is 0 Å². The first-order chi connectivity index (χ1) is 12.3. The van der Waals surface area contributed by atoms with E-state index in [0.29, 0.717) is 6.04 Å². The highest BCUT2D eigenvalue weighted by Crippen LogP contribution is 2.26. The Kier molecular flexibility index (Phi) is 5.82. The molecule has 1 aliphatic heterocycles. The number of aromatic nitrogens is 1. The van der Waals surface area contributed by atoms with Gasteiger partial charge in [-0.05, 0) is 36.1 Å². The maximum atomic E-state index is 11.3. The molecule has 0 spiro atoms. The first-order valence-corrected chi connectivity index (χ1v) is 9.26. The average molecular weight is 337 g/mol. The second-order valence-electron chi connectivity index (χ2n) is 6.60. The van der Waals surface area contributed by atoms with Crippen LogP contribution in [0.5, 0.6) is 0 Å². The molecule has 4 heteroatoms. The molecule has 0 unspecified atom stereocenters. The molecule has 0 aliphatic carbocycles. The molecule has 1 aromatic heterocycles. The van der Waals surface area contributed by atoms with Crippen LogP contribution in [0.4, 0.5) is 5.82 Å². The number of carbonyl (C=O) groups excluding carboxylic acids is 1. The zero-order chi connectivity index (χ0) is 17.6. The number of aldehydes is 1. The van der Waals surface area contributed by atoms with Crippen molar-refractivity contribution in [2.75, 3.05) is 31.1 Å². The lowest BCUT2D eigenvalue weighted by Crippen LogP contribution is -2.50. The van der Waals surface area contributed by atoms with E-state index in [-0.39, 0.29) is 0 Å². The zero-order valence-corrected chi connectivity index (χ0v) is 15.2. The van der Waals surface area contributed by atoms with Crippen LogP contribution in [0.1, 0.15) is 37.0 Å². The number of nitrogens with zero attached hydrogens (tertiary/aromatic N) is 3. The molecule has 1 saturated heterocycles. The minimum absolute atomic E-state index is 0.695. The van der Waals surface area contributed by atoms with E-state index < -0.39 is 0 Å². The van der Waals surface area contributed by atoms with Gasteiger partial charge in [-0.25, -0.2) is 4.98 Å². The van der Waals surface area contributed by atoms with Crippen LogP contribution in [-0.4, -0.2) is 48.4 Å². The van der Waals surface area contributed by atoms with Gasteiger partial charge in [-0.1, -0.05) is 38.1 Å². The van der Waals surface area contributed by atoms with Gasteiger partial charge in [0, 0.05) is 44.0 Å². The molecule has 132 valence electrons. The molecule has 1 fully saturated rings. The molecule has 25 heavy (non-hydrogen) atoms. The van der Waals surface area contributed by atoms with E-state index in [1.165, 1.54) is 12.8 Å². The van der Waals surface area contributed by atoms with Crippen molar-refractivity contribution >= 4 is 12.1 Å². The summed E-state index contributed by atoms with van der Waals surface area (Å²) in [5.74, 6) is 1.00. The summed E-state index contributed by atoms with van der Waals surface area (Å²) in [7, 11) is 0. The molecule has 0 radical (unpaired) electrons. The first kappa shape index (κ1) is 17.6. The second-order valence-corrected chi connectivity index (χ2v) is 6.60. The van der Waals surface area contributed by atoms with E-state index >= 15 is 0 Å². The molecule has 1 aromatic carbocycles.